The summed E-state index contributed by atoms with van der Waals surface area (Å²) in [6, 6.07) is 12.7. The van der Waals surface area contributed by atoms with Gasteiger partial charge in [-0.05, 0) is 42.5 Å². The van der Waals surface area contributed by atoms with Crippen molar-refractivity contribution >= 4 is 28.0 Å². The van der Waals surface area contributed by atoms with Gasteiger partial charge in [-0.15, -0.1) is 0 Å². The summed E-state index contributed by atoms with van der Waals surface area (Å²) >= 11 is 0. The number of aromatic amines is 1. The molecule has 5 nitrogen and oxygen atoms in total. The van der Waals surface area contributed by atoms with Gasteiger partial charge in [-0.2, -0.15) is 0 Å². The van der Waals surface area contributed by atoms with Gasteiger partial charge in [-0.1, -0.05) is 0 Å². The number of aromatic carboxylic acids is 1. The number of hydrogen-bond acceptors (Lipinski definition) is 2. The summed E-state index contributed by atoms with van der Waals surface area (Å²) in [6.45, 7) is 0. The molecule has 0 spiro atoms. The lowest BCUT2D eigenvalue weighted by molar-refractivity contribution is 0.0697. The zero-order valence-electron chi connectivity index (χ0n) is 10.9. The summed E-state index contributed by atoms with van der Waals surface area (Å²) in [5.41, 5.74) is 4.98. The SMILES string of the molecule is O=C(O)c1ccc(-n2ccc3nc4cc[nH]c4cc32)cc1. The van der Waals surface area contributed by atoms with Crippen molar-refractivity contribution in [3.8, 4) is 5.69 Å². The van der Waals surface area contributed by atoms with Crippen LogP contribution in [0.3, 0.4) is 0 Å². The Labute approximate surface area is 119 Å². The number of carboxylic acids is 1. The molecule has 0 radical (unpaired) electrons. The number of nitrogens with zero attached hydrogens (tertiary/aromatic N) is 2. The lowest BCUT2D eigenvalue weighted by atomic mass is 10.2. The van der Waals surface area contributed by atoms with Crippen LogP contribution >= 0.6 is 0 Å². The van der Waals surface area contributed by atoms with Gasteiger partial charge in [0.05, 0.1) is 27.6 Å². The minimum atomic E-state index is -0.923. The monoisotopic (exact) mass is 277 g/mol. The fraction of sp³-hybridized carbons (Fsp3) is 0. The van der Waals surface area contributed by atoms with Crippen LogP contribution in [0.2, 0.25) is 0 Å². The van der Waals surface area contributed by atoms with Crippen LogP contribution in [0.1, 0.15) is 10.4 Å². The lowest BCUT2D eigenvalue weighted by Crippen LogP contribution is -1.97. The normalized spacial score (nSPS) is 11.2. The van der Waals surface area contributed by atoms with Crippen molar-refractivity contribution in [2.45, 2.75) is 0 Å². The van der Waals surface area contributed by atoms with Crippen molar-refractivity contribution in [3.05, 3.63) is 60.4 Å². The summed E-state index contributed by atoms with van der Waals surface area (Å²) in [6.07, 6.45) is 3.80. The molecule has 4 aromatic rings. The van der Waals surface area contributed by atoms with E-state index < -0.39 is 5.97 Å². The largest absolute Gasteiger partial charge is 0.478 e. The van der Waals surface area contributed by atoms with Crippen molar-refractivity contribution < 1.29 is 9.90 Å². The fourth-order valence-corrected chi connectivity index (χ4v) is 2.52. The Hall–Kier alpha value is -3.08. The maximum atomic E-state index is 10.9. The van der Waals surface area contributed by atoms with Crippen molar-refractivity contribution in [2.24, 2.45) is 0 Å². The molecule has 2 N–H and O–H groups in total. The topological polar surface area (TPSA) is 70.9 Å². The standard InChI is InChI=1S/C16H11N3O2/c20-16(21)10-1-3-11(4-2-10)19-8-6-13-15(19)9-14-12(18-13)5-7-17-14/h1-9,17H,(H,20,21). The molecule has 21 heavy (non-hydrogen) atoms. The van der Waals surface area contributed by atoms with E-state index in [1.807, 2.05) is 35.2 Å². The summed E-state index contributed by atoms with van der Waals surface area (Å²) < 4.78 is 1.99. The maximum absolute atomic E-state index is 10.9. The van der Waals surface area contributed by atoms with Gasteiger partial charge in [0.25, 0.3) is 0 Å². The first-order chi connectivity index (χ1) is 10.2. The van der Waals surface area contributed by atoms with Gasteiger partial charge in [0, 0.05) is 18.1 Å². The molecule has 0 aliphatic heterocycles. The summed E-state index contributed by atoms with van der Waals surface area (Å²) in [4.78, 5) is 18.6. The van der Waals surface area contributed by atoms with Crippen LogP contribution in [0.5, 0.6) is 0 Å². The van der Waals surface area contributed by atoms with E-state index in [0.29, 0.717) is 0 Å². The highest BCUT2D eigenvalue weighted by atomic mass is 16.4. The average Bonchev–Trinajstić information content (AvgIpc) is 3.10. The van der Waals surface area contributed by atoms with Gasteiger partial charge in [-0.25, -0.2) is 9.78 Å². The van der Waals surface area contributed by atoms with Crippen molar-refractivity contribution in [2.75, 3.05) is 0 Å². The third-order valence-corrected chi connectivity index (χ3v) is 3.57. The zero-order valence-corrected chi connectivity index (χ0v) is 10.9. The number of carbonyl (C=O) groups is 1. The second-order valence-electron chi connectivity index (χ2n) is 4.84. The average molecular weight is 277 g/mol. The van der Waals surface area contributed by atoms with Crippen molar-refractivity contribution in [3.63, 3.8) is 0 Å². The molecule has 5 heteroatoms. The summed E-state index contributed by atoms with van der Waals surface area (Å²) in [5, 5.41) is 8.95. The van der Waals surface area contributed by atoms with E-state index in [1.54, 1.807) is 24.3 Å². The molecule has 0 bridgehead atoms. The summed E-state index contributed by atoms with van der Waals surface area (Å²) in [7, 11) is 0. The molecular weight excluding hydrogens is 266 g/mol. The van der Waals surface area contributed by atoms with Crippen LogP contribution in [0, 0.1) is 0 Å². The van der Waals surface area contributed by atoms with E-state index in [-0.39, 0.29) is 5.56 Å². The molecular formula is C16H11N3O2. The van der Waals surface area contributed by atoms with Crippen molar-refractivity contribution in [1.82, 2.24) is 14.5 Å². The lowest BCUT2D eigenvalue weighted by Gasteiger charge is -2.06. The number of benzene rings is 1. The Kier molecular flexibility index (Phi) is 2.35. The predicted octanol–water partition coefficient (Wildman–Crippen LogP) is 3.21. The number of pyridine rings is 1. The smallest absolute Gasteiger partial charge is 0.335 e. The molecule has 0 aliphatic rings. The highest BCUT2D eigenvalue weighted by Gasteiger charge is 2.08. The first kappa shape index (κ1) is 11.7. The first-order valence-corrected chi connectivity index (χ1v) is 6.51. The Morgan fingerprint density at radius 1 is 1.10 bits per heavy atom. The van der Waals surface area contributed by atoms with Crippen LogP contribution in [0.4, 0.5) is 0 Å². The Bertz CT molecular complexity index is 964. The molecule has 0 amide bonds. The zero-order chi connectivity index (χ0) is 14.4. The summed E-state index contributed by atoms with van der Waals surface area (Å²) in [5.74, 6) is -0.923. The minimum Gasteiger partial charge on any atom is -0.478 e. The second-order valence-corrected chi connectivity index (χ2v) is 4.84. The van der Waals surface area contributed by atoms with E-state index in [9.17, 15) is 4.79 Å². The quantitative estimate of drug-likeness (QED) is 0.591. The van der Waals surface area contributed by atoms with E-state index in [2.05, 4.69) is 9.97 Å². The van der Waals surface area contributed by atoms with Crippen LogP contribution in [-0.4, -0.2) is 25.6 Å². The second kappa shape index (κ2) is 4.21. The Balaban J connectivity index is 1.90. The van der Waals surface area contributed by atoms with Crippen LogP contribution in [0.25, 0.3) is 27.8 Å². The number of hydrogen-bond donors (Lipinski definition) is 2. The van der Waals surface area contributed by atoms with Gasteiger partial charge < -0.3 is 14.7 Å². The van der Waals surface area contributed by atoms with Gasteiger partial charge in [-0.3, -0.25) is 0 Å². The van der Waals surface area contributed by atoms with Crippen molar-refractivity contribution in [1.29, 1.82) is 0 Å². The van der Waals surface area contributed by atoms with E-state index in [4.69, 9.17) is 5.11 Å². The molecule has 4 rings (SSSR count). The molecule has 1 aromatic carbocycles. The molecule has 102 valence electrons. The Morgan fingerprint density at radius 2 is 1.90 bits per heavy atom. The first-order valence-electron chi connectivity index (χ1n) is 6.51. The molecule has 0 fully saturated rings. The highest BCUT2D eigenvalue weighted by molar-refractivity contribution is 5.91. The number of rotatable bonds is 2. The number of carboxylic acid groups (broad SMARTS) is 1. The van der Waals surface area contributed by atoms with Gasteiger partial charge in [0.1, 0.15) is 0 Å². The van der Waals surface area contributed by atoms with Crippen LogP contribution < -0.4 is 0 Å². The molecule has 3 aromatic heterocycles. The molecule has 0 saturated carbocycles. The minimum absolute atomic E-state index is 0.278. The molecule has 3 heterocycles. The van der Waals surface area contributed by atoms with Gasteiger partial charge in [0.2, 0.25) is 0 Å². The van der Waals surface area contributed by atoms with E-state index in [0.717, 1.165) is 27.8 Å². The molecule has 0 atom stereocenters. The molecule has 0 aliphatic carbocycles. The number of fused-ring (bicyclic) bond motifs is 2. The number of H-pyrrole nitrogens is 1. The third-order valence-electron chi connectivity index (χ3n) is 3.57. The number of nitrogens with one attached hydrogen (secondary N) is 1. The fourth-order valence-electron chi connectivity index (χ4n) is 2.52. The molecule has 0 unspecified atom stereocenters. The van der Waals surface area contributed by atoms with Gasteiger partial charge >= 0.3 is 5.97 Å². The molecule has 0 saturated heterocycles. The van der Waals surface area contributed by atoms with E-state index >= 15 is 0 Å². The van der Waals surface area contributed by atoms with Crippen LogP contribution in [0.15, 0.2) is 54.9 Å². The van der Waals surface area contributed by atoms with Crippen LogP contribution in [-0.2, 0) is 0 Å². The number of aromatic nitrogens is 3. The third kappa shape index (κ3) is 1.79. The Morgan fingerprint density at radius 3 is 2.67 bits per heavy atom. The highest BCUT2D eigenvalue weighted by Crippen LogP contribution is 2.23. The van der Waals surface area contributed by atoms with Gasteiger partial charge in [0.15, 0.2) is 0 Å². The predicted molar refractivity (Wildman–Crippen MR) is 79.9 cm³/mol. The van der Waals surface area contributed by atoms with E-state index in [1.165, 1.54) is 0 Å². The maximum Gasteiger partial charge on any atom is 0.335 e.